The van der Waals surface area contributed by atoms with Gasteiger partial charge in [-0.05, 0) is 48.6 Å². The van der Waals surface area contributed by atoms with E-state index in [1.54, 1.807) is 18.2 Å². The van der Waals surface area contributed by atoms with Gasteiger partial charge in [0.1, 0.15) is 0 Å². The highest BCUT2D eigenvalue weighted by Crippen LogP contribution is 2.35. The molecule has 6 heteroatoms. The van der Waals surface area contributed by atoms with E-state index in [2.05, 4.69) is 6.92 Å². The zero-order valence-electron chi connectivity index (χ0n) is 13.3. The molecule has 1 saturated heterocycles. The van der Waals surface area contributed by atoms with Gasteiger partial charge in [-0.25, -0.2) is 0 Å². The zero-order valence-corrected chi connectivity index (χ0v) is 14.1. The molecule has 2 nitrogen and oxygen atoms in total. The fourth-order valence-electron chi connectivity index (χ4n) is 2.82. The van der Waals surface area contributed by atoms with Crippen LogP contribution in [-0.2, 0) is 6.18 Å². The molecule has 1 aromatic carbocycles. The summed E-state index contributed by atoms with van der Waals surface area (Å²) in [6.45, 7) is 3.67. The molecule has 0 bridgehead atoms. The van der Waals surface area contributed by atoms with Gasteiger partial charge in [0, 0.05) is 18.0 Å². The van der Waals surface area contributed by atoms with Crippen LogP contribution < -0.4 is 0 Å². The van der Waals surface area contributed by atoms with Crippen molar-refractivity contribution in [2.75, 3.05) is 13.1 Å². The number of hydrogen-bond acceptors (Lipinski definition) is 2. The number of carbonyl (C=O) groups is 1. The predicted molar refractivity (Wildman–Crippen MR) is 89.1 cm³/mol. The molecule has 1 aliphatic rings. The first-order valence-electron chi connectivity index (χ1n) is 7.91. The van der Waals surface area contributed by atoms with Crippen LogP contribution in [0.4, 0.5) is 13.2 Å². The van der Waals surface area contributed by atoms with Crippen molar-refractivity contribution in [1.82, 2.24) is 4.90 Å². The fraction of sp³-hybridized carbons (Fsp3) is 0.389. The minimum absolute atomic E-state index is 0.0230. The number of likely N-dealkylation sites (tertiary alicyclic amines) is 1. The maximum absolute atomic E-state index is 12.8. The third kappa shape index (κ3) is 3.64. The van der Waals surface area contributed by atoms with E-state index in [-0.39, 0.29) is 5.91 Å². The van der Waals surface area contributed by atoms with Gasteiger partial charge in [-0.1, -0.05) is 19.1 Å². The molecule has 128 valence electrons. The number of benzene rings is 1. The number of rotatable bonds is 2. The minimum atomic E-state index is -4.36. The van der Waals surface area contributed by atoms with Crippen LogP contribution in [0.3, 0.4) is 0 Å². The van der Waals surface area contributed by atoms with Crippen LogP contribution in [0.15, 0.2) is 36.4 Å². The van der Waals surface area contributed by atoms with E-state index in [0.29, 0.717) is 21.2 Å². The maximum atomic E-state index is 12.8. The molecule has 2 aromatic rings. The van der Waals surface area contributed by atoms with Crippen LogP contribution in [-0.4, -0.2) is 23.9 Å². The van der Waals surface area contributed by atoms with Crippen LogP contribution in [0.5, 0.6) is 0 Å². The van der Waals surface area contributed by atoms with Gasteiger partial charge in [-0.2, -0.15) is 13.2 Å². The zero-order chi connectivity index (χ0) is 17.3. The minimum Gasteiger partial charge on any atom is -0.338 e. The van der Waals surface area contributed by atoms with Crippen molar-refractivity contribution in [2.24, 2.45) is 5.92 Å². The molecule has 0 atom stereocenters. The summed E-state index contributed by atoms with van der Waals surface area (Å²) in [7, 11) is 0. The number of thiophene rings is 1. The molecule has 0 N–H and O–H groups in total. The van der Waals surface area contributed by atoms with E-state index in [4.69, 9.17) is 0 Å². The molecule has 0 spiro atoms. The molecule has 1 amide bonds. The number of hydrogen-bond donors (Lipinski definition) is 0. The first-order chi connectivity index (χ1) is 11.3. The van der Waals surface area contributed by atoms with Crippen molar-refractivity contribution in [3.63, 3.8) is 0 Å². The Labute approximate surface area is 142 Å². The second-order valence-corrected chi connectivity index (χ2v) is 7.30. The molecule has 24 heavy (non-hydrogen) atoms. The SMILES string of the molecule is CC1CCN(C(=O)c2ccc(-c3cccc(C(F)(F)F)c3)s2)CC1. The number of piperidine rings is 1. The summed E-state index contributed by atoms with van der Waals surface area (Å²) in [6, 6.07) is 8.64. The molecule has 1 aliphatic heterocycles. The van der Waals surface area contributed by atoms with Crippen molar-refractivity contribution in [2.45, 2.75) is 25.9 Å². The Kier molecular flexibility index (Phi) is 4.67. The Morgan fingerprint density at radius 2 is 1.88 bits per heavy atom. The van der Waals surface area contributed by atoms with Gasteiger partial charge in [-0.3, -0.25) is 4.79 Å². The van der Waals surface area contributed by atoms with E-state index in [0.717, 1.165) is 38.1 Å². The molecule has 0 saturated carbocycles. The summed E-state index contributed by atoms with van der Waals surface area (Å²) in [6.07, 6.45) is -2.37. The van der Waals surface area contributed by atoms with Gasteiger partial charge in [0.25, 0.3) is 5.91 Å². The lowest BCUT2D eigenvalue weighted by atomic mass is 9.99. The summed E-state index contributed by atoms with van der Waals surface area (Å²) in [4.78, 5) is 15.6. The topological polar surface area (TPSA) is 20.3 Å². The molecular weight excluding hydrogens is 335 g/mol. The van der Waals surface area contributed by atoms with E-state index < -0.39 is 11.7 Å². The lowest BCUT2D eigenvalue weighted by Crippen LogP contribution is -2.37. The maximum Gasteiger partial charge on any atom is 0.416 e. The van der Waals surface area contributed by atoms with Crippen LogP contribution in [0.2, 0.25) is 0 Å². The van der Waals surface area contributed by atoms with Crippen LogP contribution >= 0.6 is 11.3 Å². The molecule has 1 aromatic heterocycles. The Bertz CT molecular complexity index is 730. The van der Waals surface area contributed by atoms with E-state index in [1.165, 1.54) is 17.4 Å². The quantitative estimate of drug-likeness (QED) is 0.717. The number of nitrogens with zero attached hydrogens (tertiary/aromatic N) is 1. The summed E-state index contributed by atoms with van der Waals surface area (Å²) < 4.78 is 38.5. The van der Waals surface area contributed by atoms with Crippen LogP contribution in [0, 0.1) is 5.92 Å². The van der Waals surface area contributed by atoms with Crippen molar-refractivity contribution >= 4 is 17.2 Å². The Morgan fingerprint density at radius 1 is 1.17 bits per heavy atom. The molecule has 3 rings (SSSR count). The molecule has 0 unspecified atom stereocenters. The number of halogens is 3. The number of alkyl halides is 3. The second kappa shape index (κ2) is 6.59. The highest BCUT2D eigenvalue weighted by atomic mass is 32.1. The average Bonchev–Trinajstić information content (AvgIpc) is 3.04. The molecule has 2 heterocycles. The summed E-state index contributed by atoms with van der Waals surface area (Å²) in [5, 5.41) is 0. The molecule has 0 radical (unpaired) electrons. The lowest BCUT2D eigenvalue weighted by Gasteiger charge is -2.29. The van der Waals surface area contributed by atoms with Gasteiger partial charge in [-0.15, -0.1) is 11.3 Å². The van der Waals surface area contributed by atoms with Crippen molar-refractivity contribution in [3.8, 4) is 10.4 Å². The Hall–Kier alpha value is -1.82. The van der Waals surface area contributed by atoms with Crippen LogP contribution in [0.25, 0.3) is 10.4 Å². The first-order valence-corrected chi connectivity index (χ1v) is 8.73. The third-order valence-electron chi connectivity index (χ3n) is 4.36. The predicted octanol–water partition coefficient (Wildman–Crippen LogP) is 5.31. The van der Waals surface area contributed by atoms with Gasteiger partial charge in [0.15, 0.2) is 0 Å². The van der Waals surface area contributed by atoms with Crippen molar-refractivity contribution in [1.29, 1.82) is 0 Å². The fourth-order valence-corrected chi connectivity index (χ4v) is 3.79. The Morgan fingerprint density at radius 3 is 2.54 bits per heavy atom. The standard InChI is InChI=1S/C18H18F3NOS/c1-12-7-9-22(10-8-12)17(23)16-6-5-15(24-16)13-3-2-4-14(11-13)18(19,20)21/h2-6,11-12H,7-10H2,1H3. The summed E-state index contributed by atoms with van der Waals surface area (Å²) >= 11 is 1.25. The highest BCUT2D eigenvalue weighted by Gasteiger charge is 2.30. The largest absolute Gasteiger partial charge is 0.416 e. The van der Waals surface area contributed by atoms with Crippen molar-refractivity contribution in [3.05, 3.63) is 46.8 Å². The normalized spacial score (nSPS) is 16.4. The summed E-state index contributed by atoms with van der Waals surface area (Å²) in [5.74, 6) is 0.614. The summed E-state index contributed by atoms with van der Waals surface area (Å²) in [5.41, 5.74) is -0.188. The third-order valence-corrected chi connectivity index (χ3v) is 5.48. The monoisotopic (exact) mass is 353 g/mol. The second-order valence-electron chi connectivity index (χ2n) is 6.22. The van der Waals surface area contributed by atoms with Gasteiger partial charge < -0.3 is 4.90 Å². The number of amides is 1. The van der Waals surface area contributed by atoms with Gasteiger partial charge in [0.05, 0.1) is 10.4 Å². The van der Waals surface area contributed by atoms with Crippen molar-refractivity contribution < 1.29 is 18.0 Å². The Balaban J connectivity index is 1.79. The van der Waals surface area contributed by atoms with E-state index in [9.17, 15) is 18.0 Å². The average molecular weight is 353 g/mol. The molecular formula is C18H18F3NOS. The van der Waals surface area contributed by atoms with E-state index >= 15 is 0 Å². The highest BCUT2D eigenvalue weighted by molar-refractivity contribution is 7.17. The molecule has 1 fully saturated rings. The van der Waals surface area contributed by atoms with E-state index in [1.807, 2.05) is 4.90 Å². The van der Waals surface area contributed by atoms with Crippen LogP contribution in [0.1, 0.15) is 35.0 Å². The smallest absolute Gasteiger partial charge is 0.338 e. The lowest BCUT2D eigenvalue weighted by molar-refractivity contribution is -0.137. The van der Waals surface area contributed by atoms with Gasteiger partial charge >= 0.3 is 6.18 Å². The first kappa shape index (κ1) is 17.0. The molecule has 0 aliphatic carbocycles. The number of carbonyl (C=O) groups excluding carboxylic acids is 1. The van der Waals surface area contributed by atoms with Gasteiger partial charge in [0.2, 0.25) is 0 Å².